The Balaban J connectivity index is 3.19. The molecule has 12 heavy (non-hydrogen) atoms. The highest BCUT2D eigenvalue weighted by Crippen LogP contribution is 2.02. The first-order valence-electron chi connectivity index (χ1n) is 3.06. The number of hydrogen-bond donors (Lipinski definition) is 1. The zero-order valence-corrected chi connectivity index (χ0v) is 11.1. The molecule has 0 aliphatic heterocycles. The molecule has 0 aromatic carbocycles. The second kappa shape index (κ2) is 7.11. The maximum Gasteiger partial charge on any atom is 0.420 e. The molecule has 6 radical (unpaired) electrons. The highest BCUT2D eigenvalue weighted by Gasteiger charge is 2.22. The predicted octanol–water partition coefficient (Wildman–Crippen LogP) is -1.02. The minimum atomic E-state index is -1.96. The van der Waals surface area contributed by atoms with Crippen LogP contribution in [0.4, 0.5) is 0 Å². The van der Waals surface area contributed by atoms with Crippen molar-refractivity contribution in [2.24, 2.45) is 0 Å². The van der Waals surface area contributed by atoms with Gasteiger partial charge in [-0.15, -0.1) is 0 Å². The normalized spacial score (nSPS) is 12.0. The van der Waals surface area contributed by atoms with E-state index in [2.05, 4.69) is 4.12 Å². The molecule has 0 spiro atoms. The van der Waals surface area contributed by atoms with E-state index in [4.69, 9.17) is 17.5 Å². The number of rotatable bonds is 7. The van der Waals surface area contributed by atoms with Crippen molar-refractivity contribution in [2.45, 2.75) is 13.1 Å². The highest BCUT2D eigenvalue weighted by molar-refractivity contribution is 6.69. The van der Waals surface area contributed by atoms with Crippen molar-refractivity contribution < 1.29 is 21.6 Å². The minimum absolute atomic E-state index is 0.0823. The fourth-order valence-corrected chi connectivity index (χ4v) is 2.72. The van der Waals surface area contributed by atoms with E-state index in [0.717, 1.165) is 0 Å². The van der Waals surface area contributed by atoms with Gasteiger partial charge in [-0.3, -0.25) is 0 Å². The van der Waals surface area contributed by atoms with Gasteiger partial charge in [0.1, 0.15) is 0 Å². The van der Waals surface area contributed by atoms with E-state index in [1.807, 2.05) is 13.1 Å². The van der Waals surface area contributed by atoms with Crippen LogP contribution in [0, 0.1) is 0 Å². The first-order valence-corrected chi connectivity index (χ1v) is 8.37. The molecule has 0 saturated heterocycles. The zero-order valence-electron chi connectivity index (χ0n) is 7.08. The third kappa shape index (κ3) is 7.32. The Morgan fingerprint density at radius 1 is 1.17 bits per heavy atom. The molecular weight excluding hydrogens is 228 g/mol. The van der Waals surface area contributed by atoms with Crippen LogP contribution >= 0.6 is 0 Å². The van der Waals surface area contributed by atoms with Gasteiger partial charge in [-0.25, -0.2) is 0 Å². The van der Waals surface area contributed by atoms with Crippen LogP contribution < -0.4 is 0 Å². The lowest BCUT2D eigenvalue weighted by molar-refractivity contribution is 0.298. The van der Waals surface area contributed by atoms with Gasteiger partial charge in [-0.2, -0.15) is 0 Å². The molecule has 68 valence electrons. The average molecular weight is 238 g/mol. The van der Waals surface area contributed by atoms with E-state index in [0.29, 0.717) is 0 Å². The zero-order chi connectivity index (χ0) is 9.45. The Bertz CT molecular complexity index is 111. The van der Waals surface area contributed by atoms with E-state index in [1.54, 1.807) is 7.11 Å². The summed E-state index contributed by atoms with van der Waals surface area (Å²) in [6.45, 7) is 3.84. The van der Waals surface area contributed by atoms with Crippen molar-refractivity contribution in [3.05, 3.63) is 0 Å². The maximum atomic E-state index is 8.25. The Morgan fingerprint density at radius 2 is 1.83 bits per heavy atom. The predicted molar refractivity (Wildman–Crippen MR) is 47.2 cm³/mol. The minimum Gasteiger partial charge on any atom is -0.414 e. The molecule has 0 atom stereocenters. The van der Waals surface area contributed by atoms with Crippen molar-refractivity contribution in [2.75, 3.05) is 7.11 Å². The fraction of sp³-hybridized carbons (Fsp3) is 1.00. The lowest BCUT2D eigenvalue weighted by atomic mass is 11.8. The molecule has 0 bridgehead atoms. The van der Waals surface area contributed by atoms with Gasteiger partial charge >= 0.3 is 38.6 Å². The molecule has 0 aromatic heterocycles. The molecule has 0 aliphatic carbocycles. The first-order chi connectivity index (χ1) is 5.62. The molecular formula is C3H10O5Si4. The molecule has 5 nitrogen and oxygen atoms in total. The Morgan fingerprint density at radius 3 is 2.33 bits per heavy atom. The second-order valence-electron chi connectivity index (χ2n) is 2.17. The summed E-state index contributed by atoms with van der Waals surface area (Å²) in [5.41, 5.74) is 0. The lowest BCUT2D eigenvalue weighted by Crippen LogP contribution is -2.36. The van der Waals surface area contributed by atoms with Crippen LogP contribution in [0.2, 0.25) is 13.1 Å². The van der Waals surface area contributed by atoms with Crippen LogP contribution in [0.15, 0.2) is 0 Å². The largest absolute Gasteiger partial charge is 0.420 e. The molecule has 0 fully saturated rings. The molecule has 0 rings (SSSR count). The maximum absolute atomic E-state index is 8.25. The Hall–Kier alpha value is 0.668. The fourth-order valence-electron chi connectivity index (χ4n) is 0.219. The SMILES string of the molecule is CO[Si](C)(C)O[Si]O[Si]O[Si]O. The van der Waals surface area contributed by atoms with E-state index in [9.17, 15) is 0 Å². The first kappa shape index (κ1) is 12.7. The van der Waals surface area contributed by atoms with Gasteiger partial charge in [0, 0.05) is 7.11 Å². The monoisotopic (exact) mass is 238 g/mol. The van der Waals surface area contributed by atoms with Gasteiger partial charge in [-0.1, -0.05) is 0 Å². The Labute approximate surface area is 80.8 Å². The van der Waals surface area contributed by atoms with Gasteiger partial charge in [0.15, 0.2) is 0 Å². The van der Waals surface area contributed by atoms with Gasteiger partial charge in [-0.05, 0) is 13.1 Å². The summed E-state index contributed by atoms with van der Waals surface area (Å²) in [5, 5.41) is 0. The summed E-state index contributed by atoms with van der Waals surface area (Å²) in [4.78, 5) is 8.25. The topological polar surface area (TPSA) is 57.2 Å². The summed E-state index contributed by atoms with van der Waals surface area (Å²) in [7, 11) is -1.12. The highest BCUT2D eigenvalue weighted by atomic mass is 28.4. The van der Waals surface area contributed by atoms with E-state index < -0.39 is 18.6 Å². The average Bonchev–Trinajstić information content (AvgIpc) is 2.04. The second-order valence-corrected chi connectivity index (χ2v) is 8.34. The standard InChI is InChI=1S/C3H10O5Si4/c1-5-12(2,3)8-11-7-10-6-9-4/h4H,1-3H3. The third-order valence-electron chi connectivity index (χ3n) is 0.950. The number of hydrogen-bond acceptors (Lipinski definition) is 5. The molecule has 0 unspecified atom stereocenters. The van der Waals surface area contributed by atoms with Gasteiger partial charge in [0.2, 0.25) is 0 Å². The summed E-state index contributed by atoms with van der Waals surface area (Å²) in [6.07, 6.45) is 0. The van der Waals surface area contributed by atoms with Crippen molar-refractivity contribution in [1.29, 1.82) is 0 Å². The van der Waals surface area contributed by atoms with Gasteiger partial charge in [0.25, 0.3) is 0 Å². The van der Waals surface area contributed by atoms with Crippen LogP contribution in [0.1, 0.15) is 0 Å². The summed E-state index contributed by atoms with van der Waals surface area (Å²) >= 11 is 0. The van der Waals surface area contributed by atoms with Crippen molar-refractivity contribution in [3.8, 4) is 0 Å². The summed E-state index contributed by atoms with van der Waals surface area (Å²) in [5.74, 6) is 0. The van der Waals surface area contributed by atoms with Crippen LogP contribution in [0.5, 0.6) is 0 Å². The van der Waals surface area contributed by atoms with E-state index >= 15 is 0 Å². The van der Waals surface area contributed by atoms with E-state index in [-0.39, 0.29) is 20.0 Å². The molecule has 9 heteroatoms. The molecule has 1 N–H and O–H groups in total. The third-order valence-corrected chi connectivity index (χ3v) is 5.60. The van der Waals surface area contributed by atoms with Crippen LogP contribution in [0.3, 0.4) is 0 Å². The van der Waals surface area contributed by atoms with Crippen LogP contribution in [0.25, 0.3) is 0 Å². The molecule has 0 heterocycles. The summed E-state index contributed by atoms with van der Waals surface area (Å²) in [6, 6.07) is 0. The van der Waals surface area contributed by atoms with Gasteiger partial charge in [0.05, 0.1) is 0 Å². The van der Waals surface area contributed by atoms with Crippen molar-refractivity contribution >= 4 is 38.6 Å². The van der Waals surface area contributed by atoms with E-state index in [1.165, 1.54) is 0 Å². The molecule has 0 aliphatic rings. The van der Waals surface area contributed by atoms with Crippen LogP contribution in [-0.4, -0.2) is 50.5 Å². The van der Waals surface area contributed by atoms with Crippen LogP contribution in [-0.2, 0) is 16.8 Å². The Kier molecular flexibility index (Phi) is 7.50. The molecule has 0 aromatic rings. The quantitative estimate of drug-likeness (QED) is 0.454. The summed E-state index contributed by atoms with van der Waals surface area (Å²) < 4.78 is 19.9. The lowest BCUT2D eigenvalue weighted by Gasteiger charge is -2.18. The smallest absolute Gasteiger partial charge is 0.414 e. The molecule has 0 saturated carbocycles. The van der Waals surface area contributed by atoms with Crippen molar-refractivity contribution in [3.63, 3.8) is 0 Å². The van der Waals surface area contributed by atoms with Gasteiger partial charge < -0.3 is 21.6 Å². The van der Waals surface area contributed by atoms with Crippen molar-refractivity contribution in [1.82, 2.24) is 0 Å². The molecule has 0 amide bonds.